The van der Waals surface area contributed by atoms with Crippen molar-refractivity contribution in [3.05, 3.63) is 142 Å². The molecule has 0 atom stereocenters. The molecule has 0 aliphatic heterocycles. The number of hydrogen-bond acceptors (Lipinski definition) is 0. The minimum absolute atomic E-state index is 0.671. The number of rotatable bonds is 6. The molecule has 4 aromatic rings. The molecule has 4 rings (SSSR count). The normalized spacial score (nSPS) is 12.7. The summed E-state index contributed by atoms with van der Waals surface area (Å²) in [5.41, 5.74) is 3.84. The van der Waals surface area contributed by atoms with Crippen LogP contribution in [0.3, 0.4) is 0 Å². The Morgan fingerprint density at radius 3 is 0.605 bits per heavy atom. The van der Waals surface area contributed by atoms with Crippen molar-refractivity contribution in [2.45, 2.75) is 12.4 Å². The maximum Gasteiger partial charge on any atom is 0.416 e. The van der Waals surface area contributed by atoms with E-state index in [9.17, 15) is 26.3 Å². The van der Waals surface area contributed by atoms with Crippen LogP contribution in [0, 0.1) is 0 Å². The first-order valence-electron chi connectivity index (χ1n) is 11.7. The van der Waals surface area contributed by atoms with Gasteiger partial charge >= 0.3 is 12.4 Å². The largest absolute Gasteiger partial charge is 0.416 e. The van der Waals surface area contributed by atoms with E-state index in [1.807, 2.05) is 72.8 Å². The molecule has 0 spiro atoms. The fourth-order valence-electron chi connectivity index (χ4n) is 3.58. The Morgan fingerprint density at radius 1 is 0.289 bits per heavy atom. The van der Waals surface area contributed by atoms with Gasteiger partial charge in [0, 0.05) is 0 Å². The van der Waals surface area contributed by atoms with Crippen LogP contribution in [0.5, 0.6) is 0 Å². The number of benzene rings is 4. The Kier molecular flexibility index (Phi) is 8.01. The van der Waals surface area contributed by atoms with Gasteiger partial charge in [-0.1, -0.05) is 109 Å². The highest BCUT2D eigenvalue weighted by molar-refractivity contribution is 5.74. The zero-order valence-electron chi connectivity index (χ0n) is 20.0. The SMILES string of the molecule is FC(F)(F)c1ccc(/C=C/c2ccc(/C=C/c3ccc(/C=C/c4ccc(C(F)(F)F)cc4)cc3)cc2)cc1. The first kappa shape index (κ1) is 26.7. The molecule has 0 nitrogen and oxygen atoms in total. The minimum Gasteiger partial charge on any atom is -0.166 e. The Hall–Kier alpha value is -4.32. The third kappa shape index (κ3) is 7.59. The van der Waals surface area contributed by atoms with Crippen LogP contribution in [0.4, 0.5) is 26.3 Å². The van der Waals surface area contributed by atoms with Crippen LogP contribution >= 0.6 is 0 Å². The van der Waals surface area contributed by atoms with Crippen molar-refractivity contribution in [1.82, 2.24) is 0 Å². The summed E-state index contributed by atoms with van der Waals surface area (Å²) in [6, 6.07) is 25.5. The zero-order chi connectivity index (χ0) is 27.2. The van der Waals surface area contributed by atoms with Crippen molar-refractivity contribution >= 4 is 36.5 Å². The first-order chi connectivity index (χ1) is 18.1. The van der Waals surface area contributed by atoms with Gasteiger partial charge in [-0.3, -0.25) is 0 Å². The summed E-state index contributed by atoms with van der Waals surface area (Å²) in [5, 5.41) is 0. The number of hydrogen-bond donors (Lipinski definition) is 0. The third-order valence-corrected chi connectivity index (χ3v) is 5.75. The van der Waals surface area contributed by atoms with Crippen LogP contribution in [0.15, 0.2) is 97.1 Å². The molecule has 6 heteroatoms. The van der Waals surface area contributed by atoms with E-state index in [4.69, 9.17) is 0 Å². The molecule has 0 saturated heterocycles. The number of halogens is 6. The minimum atomic E-state index is -4.34. The smallest absolute Gasteiger partial charge is 0.166 e. The van der Waals surface area contributed by atoms with Crippen LogP contribution < -0.4 is 0 Å². The van der Waals surface area contributed by atoms with Gasteiger partial charge in [-0.25, -0.2) is 0 Å². The molecule has 0 aliphatic rings. The highest BCUT2D eigenvalue weighted by Crippen LogP contribution is 2.30. The third-order valence-electron chi connectivity index (χ3n) is 5.75. The Bertz CT molecular complexity index is 1300. The molecule has 0 bridgehead atoms. The maximum absolute atomic E-state index is 12.7. The van der Waals surface area contributed by atoms with Crippen molar-refractivity contribution < 1.29 is 26.3 Å². The highest BCUT2D eigenvalue weighted by atomic mass is 19.4. The Labute approximate surface area is 216 Å². The summed E-state index contributed by atoms with van der Waals surface area (Å²) in [6.07, 6.45) is 2.45. The monoisotopic (exact) mass is 520 g/mol. The lowest BCUT2D eigenvalue weighted by atomic mass is 10.1. The van der Waals surface area contributed by atoms with Gasteiger partial charge in [-0.15, -0.1) is 0 Å². The van der Waals surface area contributed by atoms with Crippen molar-refractivity contribution in [2.75, 3.05) is 0 Å². The predicted molar refractivity (Wildman–Crippen MR) is 143 cm³/mol. The van der Waals surface area contributed by atoms with E-state index >= 15 is 0 Å². The summed E-state index contributed by atoms with van der Waals surface area (Å²) < 4.78 is 76.0. The molecule has 0 heterocycles. The molecule has 192 valence electrons. The topological polar surface area (TPSA) is 0 Å². The molecule has 0 aromatic heterocycles. The Balaban J connectivity index is 1.33. The van der Waals surface area contributed by atoms with E-state index in [1.54, 1.807) is 12.2 Å². The second-order valence-corrected chi connectivity index (χ2v) is 8.57. The van der Waals surface area contributed by atoms with Gasteiger partial charge in [0.2, 0.25) is 0 Å². The summed E-state index contributed by atoms with van der Waals surface area (Å²) in [5.74, 6) is 0. The molecule has 38 heavy (non-hydrogen) atoms. The standard InChI is InChI=1S/C32H22F6/c33-31(34,35)29-19-15-27(16-20-29)13-11-25-7-3-23(4-8-25)1-2-24-5-9-26(10-6-24)12-14-28-17-21-30(22-18-28)32(36,37)38/h1-22H/b2-1+,13-11+,14-12+. The van der Waals surface area contributed by atoms with E-state index in [2.05, 4.69) is 0 Å². The quantitative estimate of drug-likeness (QED) is 0.175. The first-order valence-corrected chi connectivity index (χ1v) is 11.7. The lowest BCUT2D eigenvalue weighted by Gasteiger charge is -2.06. The fourth-order valence-corrected chi connectivity index (χ4v) is 3.58. The van der Waals surface area contributed by atoms with Crippen molar-refractivity contribution in [3.8, 4) is 0 Å². The predicted octanol–water partition coefficient (Wildman–Crippen LogP) is 10.2. The second kappa shape index (κ2) is 11.4. The molecule has 0 saturated carbocycles. The number of alkyl halides is 6. The summed E-state index contributed by atoms with van der Waals surface area (Å²) >= 11 is 0. The van der Waals surface area contributed by atoms with Crippen LogP contribution in [0.1, 0.15) is 44.5 Å². The lowest BCUT2D eigenvalue weighted by molar-refractivity contribution is -0.138. The van der Waals surface area contributed by atoms with Gasteiger partial charge in [0.1, 0.15) is 0 Å². The van der Waals surface area contributed by atoms with Crippen molar-refractivity contribution in [3.63, 3.8) is 0 Å². The molecular formula is C32H22F6. The van der Waals surface area contributed by atoms with Gasteiger partial charge in [-0.05, 0) is 57.6 Å². The Morgan fingerprint density at radius 2 is 0.447 bits per heavy atom. The van der Waals surface area contributed by atoms with Crippen LogP contribution in [0.25, 0.3) is 36.5 Å². The molecule has 0 radical (unpaired) electrons. The van der Waals surface area contributed by atoms with Crippen molar-refractivity contribution in [1.29, 1.82) is 0 Å². The van der Waals surface area contributed by atoms with Gasteiger partial charge < -0.3 is 0 Å². The van der Waals surface area contributed by atoms with Crippen LogP contribution in [-0.2, 0) is 12.4 Å². The van der Waals surface area contributed by atoms with Crippen molar-refractivity contribution in [2.24, 2.45) is 0 Å². The molecule has 0 unspecified atom stereocenters. The molecule has 0 fully saturated rings. The summed E-state index contributed by atoms with van der Waals surface area (Å²) in [4.78, 5) is 0. The van der Waals surface area contributed by atoms with E-state index in [0.29, 0.717) is 11.1 Å². The molecule has 0 N–H and O–H groups in total. The second-order valence-electron chi connectivity index (χ2n) is 8.57. The fraction of sp³-hybridized carbons (Fsp3) is 0.0625. The lowest BCUT2D eigenvalue weighted by Crippen LogP contribution is -2.03. The maximum atomic E-state index is 12.7. The molecule has 0 aliphatic carbocycles. The molecular weight excluding hydrogens is 498 g/mol. The zero-order valence-corrected chi connectivity index (χ0v) is 20.0. The van der Waals surface area contributed by atoms with E-state index in [1.165, 1.54) is 24.3 Å². The van der Waals surface area contributed by atoms with Crippen LogP contribution in [0.2, 0.25) is 0 Å². The van der Waals surface area contributed by atoms with Crippen LogP contribution in [-0.4, -0.2) is 0 Å². The van der Waals surface area contributed by atoms with Gasteiger partial charge in [0.15, 0.2) is 0 Å². The summed E-state index contributed by atoms with van der Waals surface area (Å²) in [7, 11) is 0. The average molecular weight is 521 g/mol. The van der Waals surface area contributed by atoms with E-state index in [-0.39, 0.29) is 0 Å². The average Bonchev–Trinajstić information content (AvgIpc) is 2.90. The van der Waals surface area contributed by atoms with Gasteiger partial charge in [0.05, 0.1) is 11.1 Å². The van der Waals surface area contributed by atoms with E-state index in [0.717, 1.165) is 46.5 Å². The van der Waals surface area contributed by atoms with Gasteiger partial charge in [0.25, 0.3) is 0 Å². The highest BCUT2D eigenvalue weighted by Gasteiger charge is 2.30. The van der Waals surface area contributed by atoms with Gasteiger partial charge in [-0.2, -0.15) is 26.3 Å². The summed E-state index contributed by atoms with van der Waals surface area (Å²) in [6.45, 7) is 0. The molecule has 4 aromatic carbocycles. The van der Waals surface area contributed by atoms with E-state index < -0.39 is 23.5 Å². The molecule has 0 amide bonds.